The molecule has 1 aromatic heterocycles. The first-order valence-corrected chi connectivity index (χ1v) is 10.3. The molecule has 0 bridgehead atoms. The van der Waals surface area contributed by atoms with Crippen LogP contribution in [0.15, 0.2) is 52.2 Å². The number of benzene rings is 2. The van der Waals surface area contributed by atoms with Crippen LogP contribution in [-0.2, 0) is 11.3 Å². The molecule has 0 radical (unpaired) electrons. The van der Waals surface area contributed by atoms with E-state index in [4.69, 9.17) is 0 Å². The minimum Gasteiger partial charge on any atom is -0.324 e. The Kier molecular flexibility index (Phi) is 5.10. The van der Waals surface area contributed by atoms with Crippen molar-refractivity contribution in [1.29, 1.82) is 0 Å². The maximum atomic E-state index is 13.0. The van der Waals surface area contributed by atoms with Crippen LogP contribution in [0.25, 0.3) is 10.8 Å². The van der Waals surface area contributed by atoms with E-state index in [0.717, 1.165) is 4.90 Å². The summed E-state index contributed by atoms with van der Waals surface area (Å²) < 4.78 is 1.35. The molecule has 2 aromatic carbocycles. The van der Waals surface area contributed by atoms with Crippen LogP contribution in [0.5, 0.6) is 0 Å². The number of hydrogen-bond donors (Lipinski definition) is 2. The van der Waals surface area contributed by atoms with Crippen molar-refractivity contribution >= 4 is 45.7 Å². The highest BCUT2D eigenvalue weighted by Gasteiger charge is 2.19. The number of hydrogen-bond acceptors (Lipinski definition) is 5. The van der Waals surface area contributed by atoms with Crippen molar-refractivity contribution < 1.29 is 9.59 Å². The molecule has 29 heavy (non-hydrogen) atoms. The minimum absolute atomic E-state index is 0.0700. The summed E-state index contributed by atoms with van der Waals surface area (Å²) >= 11 is 1.46. The second kappa shape index (κ2) is 7.71. The predicted molar refractivity (Wildman–Crippen MR) is 115 cm³/mol. The molecule has 0 spiro atoms. The molecule has 0 aliphatic carbocycles. The van der Waals surface area contributed by atoms with E-state index >= 15 is 0 Å². The summed E-state index contributed by atoms with van der Waals surface area (Å²) in [6, 6.07) is 12.4. The second-order valence-electron chi connectivity index (χ2n) is 7.28. The molecule has 0 fully saturated rings. The quantitative estimate of drug-likeness (QED) is 0.691. The first-order valence-electron chi connectivity index (χ1n) is 9.30. The summed E-state index contributed by atoms with van der Waals surface area (Å²) in [5.74, 6) is 0.110. The van der Waals surface area contributed by atoms with E-state index < -0.39 is 5.91 Å². The molecule has 0 saturated carbocycles. The van der Waals surface area contributed by atoms with Gasteiger partial charge in [0.25, 0.3) is 11.5 Å². The molecular formula is C21H20N4O3S. The lowest BCUT2D eigenvalue weighted by Gasteiger charge is -2.17. The Morgan fingerprint density at radius 1 is 1.21 bits per heavy atom. The van der Waals surface area contributed by atoms with Gasteiger partial charge >= 0.3 is 0 Å². The average Bonchev–Trinajstić information content (AvgIpc) is 2.69. The summed E-state index contributed by atoms with van der Waals surface area (Å²) in [5.41, 5.74) is 1.20. The fraction of sp³-hybridized carbons (Fsp3) is 0.238. The van der Waals surface area contributed by atoms with Crippen molar-refractivity contribution in [3.63, 3.8) is 0 Å². The van der Waals surface area contributed by atoms with E-state index in [0.29, 0.717) is 34.4 Å². The average molecular weight is 408 g/mol. The smallest absolute Gasteiger partial charge is 0.276 e. The zero-order valence-corrected chi connectivity index (χ0v) is 16.9. The fourth-order valence-electron chi connectivity index (χ4n) is 3.22. The molecule has 1 aliphatic rings. The molecular weight excluding hydrogens is 388 g/mol. The maximum Gasteiger partial charge on any atom is 0.276 e. The molecule has 148 valence electrons. The summed E-state index contributed by atoms with van der Waals surface area (Å²) in [5, 5.41) is 11.0. The van der Waals surface area contributed by atoms with Gasteiger partial charge in [0.1, 0.15) is 0 Å². The molecule has 4 rings (SSSR count). The number of thioether (sulfide) groups is 1. The van der Waals surface area contributed by atoms with Gasteiger partial charge in [0.15, 0.2) is 5.69 Å². The number of anilines is 2. The van der Waals surface area contributed by atoms with Gasteiger partial charge in [0.2, 0.25) is 5.91 Å². The summed E-state index contributed by atoms with van der Waals surface area (Å²) in [4.78, 5) is 38.3. The molecule has 2 N–H and O–H groups in total. The Morgan fingerprint density at radius 3 is 2.72 bits per heavy atom. The number of carbonyl (C=O) groups is 2. The van der Waals surface area contributed by atoms with E-state index in [1.807, 2.05) is 19.9 Å². The second-order valence-corrected chi connectivity index (χ2v) is 8.29. The van der Waals surface area contributed by atoms with Crippen molar-refractivity contribution in [2.75, 3.05) is 16.4 Å². The van der Waals surface area contributed by atoms with Crippen LogP contribution in [0.4, 0.5) is 11.4 Å². The van der Waals surface area contributed by atoms with Crippen LogP contribution < -0.4 is 16.2 Å². The monoisotopic (exact) mass is 408 g/mol. The molecule has 0 atom stereocenters. The van der Waals surface area contributed by atoms with Crippen molar-refractivity contribution in [3.8, 4) is 0 Å². The lowest BCUT2D eigenvalue weighted by atomic mass is 10.1. The van der Waals surface area contributed by atoms with Crippen molar-refractivity contribution in [3.05, 3.63) is 58.5 Å². The highest BCUT2D eigenvalue weighted by Crippen LogP contribution is 2.33. The minimum atomic E-state index is -0.409. The van der Waals surface area contributed by atoms with Gasteiger partial charge in [0, 0.05) is 22.5 Å². The number of nitrogens with zero attached hydrogens (tertiary/aromatic N) is 2. The Bertz CT molecular complexity index is 1190. The fourth-order valence-corrected chi connectivity index (χ4v) is 4.01. The third-order valence-corrected chi connectivity index (χ3v) is 5.56. The highest BCUT2D eigenvalue weighted by atomic mass is 32.2. The summed E-state index contributed by atoms with van der Waals surface area (Å²) in [6.45, 7) is 4.40. The highest BCUT2D eigenvalue weighted by molar-refractivity contribution is 8.00. The van der Waals surface area contributed by atoms with Crippen molar-refractivity contribution in [2.24, 2.45) is 5.92 Å². The lowest BCUT2D eigenvalue weighted by molar-refractivity contribution is -0.113. The largest absolute Gasteiger partial charge is 0.324 e. The van der Waals surface area contributed by atoms with E-state index in [-0.39, 0.29) is 23.1 Å². The Labute approximate surface area is 171 Å². The molecule has 8 heteroatoms. The first-order chi connectivity index (χ1) is 13.9. The van der Waals surface area contributed by atoms with Gasteiger partial charge in [-0.3, -0.25) is 14.4 Å². The molecule has 2 heterocycles. The topological polar surface area (TPSA) is 93.1 Å². The van der Waals surface area contributed by atoms with E-state index in [1.54, 1.807) is 36.4 Å². The van der Waals surface area contributed by atoms with Gasteiger partial charge in [-0.15, -0.1) is 11.8 Å². The van der Waals surface area contributed by atoms with E-state index in [1.165, 1.54) is 16.4 Å². The molecule has 3 aromatic rings. The van der Waals surface area contributed by atoms with Gasteiger partial charge in [-0.2, -0.15) is 5.10 Å². The lowest BCUT2D eigenvalue weighted by Crippen LogP contribution is -2.29. The Hall–Kier alpha value is -3.13. The number of rotatable bonds is 4. The molecule has 0 saturated heterocycles. The number of amides is 2. The number of nitrogens with one attached hydrogen (secondary N) is 2. The van der Waals surface area contributed by atoms with Gasteiger partial charge in [0.05, 0.1) is 16.8 Å². The first kappa shape index (κ1) is 19.2. The van der Waals surface area contributed by atoms with Crippen molar-refractivity contribution in [1.82, 2.24) is 9.78 Å². The number of carbonyl (C=O) groups excluding carboxylic acids is 2. The Balaban J connectivity index is 1.72. The predicted octanol–water partition coefficient (Wildman–Crippen LogP) is 3.35. The zero-order chi connectivity index (χ0) is 20.5. The number of aromatic nitrogens is 2. The van der Waals surface area contributed by atoms with Crippen LogP contribution in [0.1, 0.15) is 24.3 Å². The van der Waals surface area contributed by atoms with Gasteiger partial charge in [-0.25, -0.2) is 4.68 Å². The summed E-state index contributed by atoms with van der Waals surface area (Å²) in [6.07, 6.45) is 0. The third kappa shape index (κ3) is 3.88. The summed E-state index contributed by atoms with van der Waals surface area (Å²) in [7, 11) is 0. The van der Waals surface area contributed by atoms with Crippen LogP contribution in [0.3, 0.4) is 0 Å². The molecule has 1 aliphatic heterocycles. The van der Waals surface area contributed by atoms with Crippen molar-refractivity contribution in [2.45, 2.75) is 25.3 Å². The molecule has 0 unspecified atom stereocenters. The van der Waals surface area contributed by atoms with Crippen LogP contribution in [-0.4, -0.2) is 27.3 Å². The van der Waals surface area contributed by atoms with Gasteiger partial charge in [-0.05, 0) is 30.2 Å². The molecule has 7 nitrogen and oxygen atoms in total. The third-order valence-electron chi connectivity index (χ3n) is 4.49. The number of fused-ring (bicyclic) bond motifs is 2. The van der Waals surface area contributed by atoms with Gasteiger partial charge < -0.3 is 10.6 Å². The maximum absolute atomic E-state index is 13.0. The standard InChI is InChI=1S/C21H20N4O3S/c1-12(2)10-25-21(28)15-6-4-3-5-14(15)19(24-25)20(27)22-13-7-8-17-16(9-13)23-18(26)11-29-17/h3-9,12H,10-11H2,1-2H3,(H,22,27)(H,23,26). The zero-order valence-electron chi connectivity index (χ0n) is 16.1. The molecule has 2 amide bonds. The van der Waals surface area contributed by atoms with E-state index in [9.17, 15) is 14.4 Å². The van der Waals surface area contributed by atoms with Crippen LogP contribution in [0.2, 0.25) is 0 Å². The van der Waals surface area contributed by atoms with Gasteiger partial charge in [-0.1, -0.05) is 32.0 Å². The SMILES string of the molecule is CC(C)Cn1nc(C(=O)Nc2ccc3c(c2)NC(=O)CS3)c2ccccc2c1=O. The normalized spacial score (nSPS) is 13.3. The van der Waals surface area contributed by atoms with Crippen LogP contribution >= 0.6 is 11.8 Å². The van der Waals surface area contributed by atoms with E-state index in [2.05, 4.69) is 15.7 Å². The Morgan fingerprint density at radius 2 is 1.97 bits per heavy atom. The van der Waals surface area contributed by atoms with Crippen LogP contribution in [0, 0.1) is 5.92 Å².